The Morgan fingerprint density at radius 1 is 1.13 bits per heavy atom. The first-order valence-corrected chi connectivity index (χ1v) is 6.61. The second kappa shape index (κ2) is 7.04. The van der Waals surface area contributed by atoms with Crippen LogP contribution in [0.5, 0.6) is 11.5 Å². The number of ether oxygens (including phenoxy) is 2. The molecule has 1 N–H and O–H groups in total. The molecule has 0 radical (unpaired) electrons. The molecule has 23 heavy (non-hydrogen) atoms. The second-order valence-electron chi connectivity index (χ2n) is 4.66. The number of carbonyl (C=O) groups excluding carboxylic acids is 1. The van der Waals surface area contributed by atoms with Crippen molar-refractivity contribution in [1.82, 2.24) is 0 Å². The second-order valence-corrected chi connectivity index (χ2v) is 4.66. The zero-order chi connectivity index (χ0) is 17.0. The number of hydrogen-bond donors (Lipinski definition) is 1. The molecule has 0 bridgehead atoms. The van der Waals surface area contributed by atoms with E-state index in [1.807, 2.05) is 0 Å². The molecule has 0 aliphatic rings. The summed E-state index contributed by atoms with van der Waals surface area (Å²) in [5, 5.41) is 2.48. The standard InChI is InChI=1S/C16H14F3NO3/c1-9-3-4-10(7-12(9)17)15(21)20-11-5-6-13(22-2)14(8-11)23-16(18)19/h3-8,16H,1-2H3,(H,20,21). The summed E-state index contributed by atoms with van der Waals surface area (Å²) in [5.74, 6) is -1.19. The number of hydrogen-bond acceptors (Lipinski definition) is 3. The molecular formula is C16H14F3NO3. The Morgan fingerprint density at radius 2 is 1.87 bits per heavy atom. The molecular weight excluding hydrogens is 311 g/mol. The Bertz CT molecular complexity index is 720. The van der Waals surface area contributed by atoms with Crippen molar-refractivity contribution in [1.29, 1.82) is 0 Å². The highest BCUT2D eigenvalue weighted by Gasteiger charge is 2.13. The van der Waals surface area contributed by atoms with Gasteiger partial charge in [-0.25, -0.2) is 4.39 Å². The van der Waals surface area contributed by atoms with Crippen LogP contribution in [0, 0.1) is 12.7 Å². The Kier molecular flexibility index (Phi) is 5.10. The minimum atomic E-state index is -3.03. The van der Waals surface area contributed by atoms with Crippen molar-refractivity contribution in [3.05, 3.63) is 53.3 Å². The third-order valence-electron chi connectivity index (χ3n) is 3.07. The number of nitrogens with one attached hydrogen (secondary N) is 1. The first kappa shape index (κ1) is 16.7. The van der Waals surface area contributed by atoms with Gasteiger partial charge in [-0.05, 0) is 36.8 Å². The highest BCUT2D eigenvalue weighted by molar-refractivity contribution is 6.04. The maximum absolute atomic E-state index is 13.5. The number of aryl methyl sites for hydroxylation is 1. The summed E-state index contributed by atoms with van der Waals surface area (Å²) < 4.78 is 47.5. The van der Waals surface area contributed by atoms with Gasteiger partial charge < -0.3 is 14.8 Å². The van der Waals surface area contributed by atoms with Gasteiger partial charge in [0.25, 0.3) is 5.91 Å². The largest absolute Gasteiger partial charge is 0.493 e. The van der Waals surface area contributed by atoms with E-state index in [1.54, 1.807) is 6.92 Å². The lowest BCUT2D eigenvalue weighted by Gasteiger charge is -2.12. The zero-order valence-electron chi connectivity index (χ0n) is 12.4. The summed E-state index contributed by atoms with van der Waals surface area (Å²) >= 11 is 0. The van der Waals surface area contributed by atoms with Gasteiger partial charge >= 0.3 is 6.61 Å². The smallest absolute Gasteiger partial charge is 0.387 e. The van der Waals surface area contributed by atoms with Gasteiger partial charge in [-0.2, -0.15) is 8.78 Å². The SMILES string of the molecule is COc1ccc(NC(=O)c2ccc(C)c(F)c2)cc1OC(F)F. The first-order chi connectivity index (χ1) is 10.9. The van der Waals surface area contributed by atoms with Crippen LogP contribution < -0.4 is 14.8 Å². The van der Waals surface area contributed by atoms with Crippen LogP contribution in [0.4, 0.5) is 18.9 Å². The lowest BCUT2D eigenvalue weighted by atomic mass is 10.1. The van der Waals surface area contributed by atoms with Gasteiger partial charge in [0.2, 0.25) is 0 Å². The highest BCUT2D eigenvalue weighted by atomic mass is 19.3. The molecule has 0 fully saturated rings. The fourth-order valence-corrected chi connectivity index (χ4v) is 1.88. The third kappa shape index (κ3) is 4.15. The van der Waals surface area contributed by atoms with Crippen molar-refractivity contribution in [2.75, 3.05) is 12.4 Å². The molecule has 0 unspecified atom stereocenters. The Morgan fingerprint density at radius 3 is 2.48 bits per heavy atom. The van der Waals surface area contributed by atoms with E-state index in [2.05, 4.69) is 10.1 Å². The van der Waals surface area contributed by atoms with E-state index in [0.717, 1.165) is 6.07 Å². The number of anilines is 1. The summed E-state index contributed by atoms with van der Waals surface area (Å²) in [5.41, 5.74) is 0.742. The molecule has 0 saturated carbocycles. The van der Waals surface area contributed by atoms with Crippen LogP contribution in [0.2, 0.25) is 0 Å². The molecule has 1 amide bonds. The van der Waals surface area contributed by atoms with Crippen molar-refractivity contribution < 1.29 is 27.4 Å². The highest BCUT2D eigenvalue weighted by Crippen LogP contribution is 2.31. The average Bonchev–Trinajstić information content (AvgIpc) is 2.49. The van der Waals surface area contributed by atoms with Crippen LogP contribution in [0.3, 0.4) is 0 Å². The van der Waals surface area contributed by atoms with Crippen LogP contribution in [0.15, 0.2) is 36.4 Å². The van der Waals surface area contributed by atoms with Crippen LogP contribution in [0.25, 0.3) is 0 Å². The topological polar surface area (TPSA) is 47.6 Å². The normalized spacial score (nSPS) is 10.5. The lowest BCUT2D eigenvalue weighted by Crippen LogP contribution is -2.13. The van der Waals surface area contributed by atoms with Crippen LogP contribution in [-0.2, 0) is 0 Å². The number of alkyl halides is 2. The average molecular weight is 325 g/mol. The lowest BCUT2D eigenvalue weighted by molar-refractivity contribution is -0.0511. The van der Waals surface area contributed by atoms with Gasteiger partial charge in [-0.1, -0.05) is 6.07 Å². The molecule has 0 atom stereocenters. The van der Waals surface area contributed by atoms with Gasteiger partial charge in [-0.3, -0.25) is 4.79 Å². The summed E-state index contributed by atoms with van der Waals surface area (Å²) in [4.78, 5) is 12.1. The van der Waals surface area contributed by atoms with E-state index >= 15 is 0 Å². The van der Waals surface area contributed by atoms with Gasteiger partial charge in [0.1, 0.15) is 5.82 Å². The van der Waals surface area contributed by atoms with Gasteiger partial charge in [0.15, 0.2) is 11.5 Å². The van der Waals surface area contributed by atoms with Crippen molar-refractivity contribution >= 4 is 11.6 Å². The van der Waals surface area contributed by atoms with Crippen molar-refractivity contribution in [2.24, 2.45) is 0 Å². The van der Waals surface area contributed by atoms with Crippen molar-refractivity contribution in [3.63, 3.8) is 0 Å². The Hall–Kier alpha value is -2.70. The van der Waals surface area contributed by atoms with Gasteiger partial charge in [0, 0.05) is 17.3 Å². The van der Waals surface area contributed by atoms with Crippen LogP contribution >= 0.6 is 0 Å². The molecule has 0 spiro atoms. The van der Waals surface area contributed by atoms with E-state index < -0.39 is 18.3 Å². The number of rotatable bonds is 5. The Balaban J connectivity index is 2.21. The first-order valence-electron chi connectivity index (χ1n) is 6.61. The molecule has 0 aromatic heterocycles. The van der Waals surface area contributed by atoms with Crippen LogP contribution in [-0.4, -0.2) is 19.6 Å². The summed E-state index contributed by atoms with van der Waals surface area (Å²) in [6, 6.07) is 8.08. The predicted molar refractivity (Wildman–Crippen MR) is 78.7 cm³/mol. The maximum atomic E-state index is 13.5. The maximum Gasteiger partial charge on any atom is 0.387 e. The molecule has 2 rings (SSSR count). The molecule has 2 aromatic carbocycles. The predicted octanol–water partition coefficient (Wildman–Crippen LogP) is 4.00. The molecule has 0 aliphatic carbocycles. The number of amides is 1. The van der Waals surface area contributed by atoms with E-state index in [1.165, 1.54) is 37.4 Å². The van der Waals surface area contributed by atoms with Crippen molar-refractivity contribution in [3.8, 4) is 11.5 Å². The minimum Gasteiger partial charge on any atom is -0.493 e. The minimum absolute atomic E-state index is 0.102. The third-order valence-corrected chi connectivity index (χ3v) is 3.07. The van der Waals surface area contributed by atoms with Gasteiger partial charge in [-0.15, -0.1) is 0 Å². The molecule has 0 aliphatic heterocycles. The fourth-order valence-electron chi connectivity index (χ4n) is 1.88. The van der Waals surface area contributed by atoms with E-state index in [0.29, 0.717) is 5.56 Å². The summed E-state index contributed by atoms with van der Waals surface area (Å²) in [6.07, 6.45) is 0. The quantitative estimate of drug-likeness (QED) is 0.904. The summed E-state index contributed by atoms with van der Waals surface area (Å²) in [6.45, 7) is -1.45. The Labute approximate surface area is 130 Å². The van der Waals surface area contributed by atoms with Crippen molar-refractivity contribution in [2.45, 2.75) is 13.5 Å². The molecule has 4 nitrogen and oxygen atoms in total. The molecule has 0 heterocycles. The number of methoxy groups -OCH3 is 1. The monoisotopic (exact) mass is 325 g/mol. The van der Waals surface area contributed by atoms with E-state index in [9.17, 15) is 18.0 Å². The molecule has 122 valence electrons. The number of benzene rings is 2. The van der Waals surface area contributed by atoms with E-state index in [-0.39, 0.29) is 22.7 Å². The zero-order valence-corrected chi connectivity index (χ0v) is 12.4. The molecule has 7 heteroatoms. The fraction of sp³-hybridized carbons (Fsp3) is 0.188. The van der Waals surface area contributed by atoms with Gasteiger partial charge in [0.05, 0.1) is 7.11 Å². The number of carbonyl (C=O) groups is 1. The van der Waals surface area contributed by atoms with E-state index in [4.69, 9.17) is 4.74 Å². The summed E-state index contributed by atoms with van der Waals surface area (Å²) in [7, 11) is 1.31. The molecule has 2 aromatic rings. The molecule has 0 saturated heterocycles. The number of halogens is 3. The van der Waals surface area contributed by atoms with Crippen LogP contribution in [0.1, 0.15) is 15.9 Å².